The van der Waals surface area contributed by atoms with Gasteiger partial charge in [-0.3, -0.25) is 4.57 Å². The fraction of sp³-hybridized carbons (Fsp3) is 0.294. The van der Waals surface area contributed by atoms with Gasteiger partial charge in [-0.15, -0.1) is 16.4 Å². The molecule has 0 aliphatic carbocycles. The molecule has 29 heavy (non-hydrogen) atoms. The highest BCUT2D eigenvalue weighted by molar-refractivity contribution is 7.54. The van der Waals surface area contributed by atoms with Gasteiger partial charge in [0, 0.05) is 30.9 Å². The van der Waals surface area contributed by atoms with Crippen molar-refractivity contribution in [3.05, 3.63) is 62.8 Å². The van der Waals surface area contributed by atoms with Crippen LogP contribution < -0.4 is 0 Å². The van der Waals surface area contributed by atoms with E-state index in [-0.39, 0.29) is 5.69 Å². The number of aromatic nitrogens is 4. The molecule has 154 valence electrons. The second-order valence-corrected chi connectivity index (χ2v) is 9.81. The van der Waals surface area contributed by atoms with Crippen LogP contribution in [-0.4, -0.2) is 40.2 Å². The third-order valence-electron chi connectivity index (χ3n) is 4.11. The van der Waals surface area contributed by atoms with E-state index in [2.05, 4.69) is 15.3 Å². The van der Waals surface area contributed by atoms with Crippen molar-refractivity contribution >= 4 is 36.5 Å². The molecular weight excluding hydrogens is 439 g/mol. The molecule has 0 saturated heterocycles. The number of benzene rings is 1. The molecule has 3 rings (SSSR count). The molecule has 2 heterocycles. The van der Waals surface area contributed by atoms with Gasteiger partial charge in [0.2, 0.25) is 5.85 Å². The number of ether oxygens (including phenoxy) is 1. The van der Waals surface area contributed by atoms with Gasteiger partial charge >= 0.3 is 13.6 Å². The summed E-state index contributed by atoms with van der Waals surface area (Å²) in [5.74, 6) is -2.05. The first-order valence-corrected chi connectivity index (χ1v) is 11.2. The Bertz CT molecular complexity index is 1030. The van der Waals surface area contributed by atoms with E-state index in [9.17, 15) is 9.36 Å². The summed E-state index contributed by atoms with van der Waals surface area (Å²) in [6, 6.07) is 8.58. The van der Waals surface area contributed by atoms with Gasteiger partial charge in [0.05, 0.1) is 12.2 Å². The van der Waals surface area contributed by atoms with Crippen molar-refractivity contribution in [3.63, 3.8) is 0 Å². The minimum Gasteiger partial charge on any atom is -0.440 e. The number of esters is 1. The Morgan fingerprint density at radius 3 is 2.55 bits per heavy atom. The van der Waals surface area contributed by atoms with Crippen LogP contribution in [0, 0.1) is 6.92 Å². The van der Waals surface area contributed by atoms with Crippen LogP contribution in [0.2, 0.25) is 4.47 Å². The van der Waals surface area contributed by atoms with E-state index in [1.165, 1.54) is 30.2 Å². The molecule has 0 N–H and O–H groups in total. The summed E-state index contributed by atoms with van der Waals surface area (Å²) in [6.07, 6.45) is 1.63. The lowest BCUT2D eigenvalue weighted by molar-refractivity contribution is 0.0373. The maximum Gasteiger partial charge on any atom is 0.375 e. The van der Waals surface area contributed by atoms with E-state index in [0.29, 0.717) is 22.3 Å². The molecule has 1 aromatic carbocycles. The van der Waals surface area contributed by atoms with E-state index in [4.69, 9.17) is 25.4 Å². The minimum atomic E-state index is -3.77. The van der Waals surface area contributed by atoms with Gasteiger partial charge < -0.3 is 13.8 Å². The Morgan fingerprint density at radius 1 is 1.28 bits per heavy atom. The fourth-order valence-corrected chi connectivity index (χ4v) is 4.81. The zero-order chi connectivity index (χ0) is 21.0. The Hall–Kier alpha value is -2.10. The van der Waals surface area contributed by atoms with Crippen molar-refractivity contribution in [2.75, 3.05) is 14.2 Å². The molecule has 0 saturated carbocycles. The van der Waals surface area contributed by atoms with Gasteiger partial charge in [0.1, 0.15) is 0 Å². The number of halogens is 1. The van der Waals surface area contributed by atoms with Crippen LogP contribution in [0.4, 0.5) is 0 Å². The zero-order valence-electron chi connectivity index (χ0n) is 15.8. The maximum atomic E-state index is 13.0. The maximum absolute atomic E-state index is 13.0. The summed E-state index contributed by atoms with van der Waals surface area (Å²) in [5, 5.41) is 7.91. The molecule has 0 radical (unpaired) electrons. The van der Waals surface area contributed by atoms with Gasteiger partial charge in [0.15, 0.2) is 10.2 Å². The van der Waals surface area contributed by atoms with Crippen LogP contribution >= 0.6 is 30.5 Å². The van der Waals surface area contributed by atoms with E-state index < -0.39 is 19.4 Å². The first-order chi connectivity index (χ1) is 13.9. The molecule has 0 aliphatic rings. The largest absolute Gasteiger partial charge is 0.440 e. The zero-order valence-corrected chi connectivity index (χ0v) is 18.3. The monoisotopic (exact) mass is 456 g/mol. The highest BCUT2D eigenvalue weighted by Crippen LogP contribution is 2.60. The fourth-order valence-electron chi connectivity index (χ4n) is 2.56. The number of hydrogen-bond acceptors (Lipinski definition) is 9. The topological polar surface area (TPSA) is 105 Å². The highest BCUT2D eigenvalue weighted by Gasteiger charge is 2.40. The standard InChI is InChI=1S/C17H18ClN4O5PS/c1-11-14(20-21-22(11)10-13-9-19-17(18)29-13)15(23)27-16(28(24,25-2)26-3)12-7-5-4-6-8-12/h4-9,16H,10H2,1-3H3. The average molecular weight is 457 g/mol. The second-order valence-electron chi connectivity index (χ2n) is 5.83. The van der Waals surface area contributed by atoms with Gasteiger partial charge in [-0.1, -0.05) is 47.1 Å². The molecule has 0 bridgehead atoms. The normalized spacial score (nSPS) is 12.7. The first-order valence-electron chi connectivity index (χ1n) is 8.35. The van der Waals surface area contributed by atoms with Gasteiger partial charge in [0.25, 0.3) is 0 Å². The van der Waals surface area contributed by atoms with Crippen molar-refractivity contribution in [1.29, 1.82) is 0 Å². The molecule has 2 aromatic heterocycles. The van der Waals surface area contributed by atoms with Gasteiger partial charge in [-0.25, -0.2) is 14.5 Å². The molecule has 1 unspecified atom stereocenters. The van der Waals surface area contributed by atoms with Crippen molar-refractivity contribution in [2.24, 2.45) is 0 Å². The number of thiazole rings is 1. The number of carbonyl (C=O) groups excluding carboxylic acids is 1. The smallest absolute Gasteiger partial charge is 0.375 e. The number of carbonyl (C=O) groups is 1. The third-order valence-corrected chi connectivity index (χ3v) is 7.20. The summed E-state index contributed by atoms with van der Waals surface area (Å²) < 4.78 is 30.5. The summed E-state index contributed by atoms with van der Waals surface area (Å²) in [6.45, 7) is 2.04. The van der Waals surface area contributed by atoms with Crippen LogP contribution in [0.5, 0.6) is 0 Å². The van der Waals surface area contributed by atoms with E-state index in [0.717, 1.165) is 4.88 Å². The Morgan fingerprint density at radius 2 is 1.97 bits per heavy atom. The number of nitrogens with zero attached hydrogens (tertiary/aromatic N) is 4. The summed E-state index contributed by atoms with van der Waals surface area (Å²) in [7, 11) is -1.30. The average Bonchev–Trinajstić information content (AvgIpc) is 3.31. The molecule has 0 fully saturated rings. The summed E-state index contributed by atoms with van der Waals surface area (Å²) in [5.41, 5.74) is 0.952. The second kappa shape index (κ2) is 9.15. The highest BCUT2D eigenvalue weighted by atomic mass is 35.5. The first kappa shape index (κ1) is 21.6. The van der Waals surface area contributed by atoms with E-state index in [1.54, 1.807) is 43.5 Å². The lowest BCUT2D eigenvalue weighted by Gasteiger charge is -2.24. The van der Waals surface area contributed by atoms with Crippen molar-refractivity contribution in [1.82, 2.24) is 20.0 Å². The van der Waals surface area contributed by atoms with Gasteiger partial charge in [-0.05, 0) is 6.92 Å². The Labute approximate surface area is 176 Å². The van der Waals surface area contributed by atoms with Crippen LogP contribution in [0.25, 0.3) is 0 Å². The third kappa shape index (κ3) is 4.73. The quantitative estimate of drug-likeness (QED) is 0.368. The predicted molar refractivity (Wildman–Crippen MR) is 107 cm³/mol. The Kier molecular flexibility index (Phi) is 6.81. The van der Waals surface area contributed by atoms with Crippen LogP contribution in [0.3, 0.4) is 0 Å². The summed E-state index contributed by atoms with van der Waals surface area (Å²) in [4.78, 5) is 17.6. The lowest BCUT2D eigenvalue weighted by Crippen LogP contribution is -2.15. The van der Waals surface area contributed by atoms with E-state index in [1.807, 2.05) is 0 Å². The van der Waals surface area contributed by atoms with Crippen LogP contribution in [0.15, 0.2) is 36.5 Å². The molecule has 0 amide bonds. The Balaban J connectivity index is 1.86. The number of hydrogen-bond donors (Lipinski definition) is 0. The molecular formula is C17H18ClN4O5PS. The molecule has 0 spiro atoms. The van der Waals surface area contributed by atoms with Crippen LogP contribution in [-0.2, 0) is 24.9 Å². The SMILES string of the molecule is COP(=O)(OC)C(OC(=O)c1nnn(Cc2cnc(Cl)s2)c1C)c1ccccc1. The molecule has 9 nitrogen and oxygen atoms in total. The molecule has 12 heteroatoms. The predicted octanol–water partition coefficient (Wildman–Crippen LogP) is 4.09. The van der Waals surface area contributed by atoms with Crippen molar-refractivity contribution in [3.8, 4) is 0 Å². The van der Waals surface area contributed by atoms with E-state index >= 15 is 0 Å². The lowest BCUT2D eigenvalue weighted by atomic mass is 10.2. The molecule has 3 aromatic rings. The molecule has 0 aliphatic heterocycles. The summed E-state index contributed by atoms with van der Waals surface area (Å²) >= 11 is 7.15. The minimum absolute atomic E-state index is 0.000277. The van der Waals surface area contributed by atoms with Crippen LogP contribution in [0.1, 0.15) is 32.5 Å². The van der Waals surface area contributed by atoms with Gasteiger partial charge in [-0.2, -0.15) is 0 Å². The van der Waals surface area contributed by atoms with Crippen molar-refractivity contribution < 1.29 is 23.1 Å². The molecule has 1 atom stereocenters. The number of rotatable bonds is 8. The van der Waals surface area contributed by atoms with Crippen molar-refractivity contribution in [2.45, 2.75) is 19.3 Å².